The number of imidazole rings is 1. The Labute approximate surface area is 152 Å². The van der Waals surface area contributed by atoms with Crippen LogP contribution in [0.2, 0.25) is 0 Å². The highest BCUT2D eigenvalue weighted by Gasteiger charge is 2.16. The van der Waals surface area contributed by atoms with Gasteiger partial charge in [0.1, 0.15) is 6.61 Å². The molecule has 1 aliphatic heterocycles. The minimum Gasteiger partial charge on any atom is -0.483 e. The second kappa shape index (κ2) is 7.17. The SMILES string of the molecule is Cn1cncc1COc1cc(-c2cnn(C3CCNCC3)c2)cnc1N. The fourth-order valence-electron chi connectivity index (χ4n) is 3.16. The summed E-state index contributed by atoms with van der Waals surface area (Å²) in [6.07, 6.45) is 11.4. The van der Waals surface area contributed by atoms with Crippen molar-refractivity contribution in [2.75, 3.05) is 18.8 Å². The molecule has 8 nitrogen and oxygen atoms in total. The average Bonchev–Trinajstić information content (AvgIpc) is 3.31. The van der Waals surface area contributed by atoms with Crippen LogP contribution in [-0.2, 0) is 13.7 Å². The molecule has 26 heavy (non-hydrogen) atoms. The minimum absolute atomic E-state index is 0.377. The zero-order valence-electron chi connectivity index (χ0n) is 14.8. The van der Waals surface area contributed by atoms with E-state index in [0.717, 1.165) is 42.8 Å². The second-order valence-electron chi connectivity index (χ2n) is 6.58. The van der Waals surface area contributed by atoms with Crippen molar-refractivity contribution in [1.82, 2.24) is 29.6 Å². The Morgan fingerprint density at radius 3 is 2.85 bits per heavy atom. The smallest absolute Gasteiger partial charge is 0.166 e. The summed E-state index contributed by atoms with van der Waals surface area (Å²) >= 11 is 0. The standard InChI is InChI=1S/C18H23N7O/c1-24-12-21-9-16(24)11-26-17-6-13(7-22-18(17)19)14-8-23-25(10-14)15-2-4-20-5-3-15/h6-10,12,15,20H,2-5,11H2,1H3,(H2,19,22). The summed E-state index contributed by atoms with van der Waals surface area (Å²) in [6.45, 7) is 2.46. The van der Waals surface area contributed by atoms with E-state index in [1.807, 2.05) is 23.9 Å². The number of aromatic nitrogens is 5. The van der Waals surface area contributed by atoms with Crippen LogP contribution in [0.1, 0.15) is 24.6 Å². The lowest BCUT2D eigenvalue weighted by Crippen LogP contribution is -2.29. The first-order chi connectivity index (χ1) is 12.7. The van der Waals surface area contributed by atoms with E-state index >= 15 is 0 Å². The highest BCUT2D eigenvalue weighted by atomic mass is 16.5. The largest absolute Gasteiger partial charge is 0.483 e. The minimum atomic E-state index is 0.377. The molecule has 0 amide bonds. The summed E-state index contributed by atoms with van der Waals surface area (Å²) in [4.78, 5) is 8.37. The summed E-state index contributed by atoms with van der Waals surface area (Å²) in [6, 6.07) is 2.37. The average molecular weight is 353 g/mol. The molecule has 136 valence electrons. The normalized spacial score (nSPS) is 15.3. The number of anilines is 1. The quantitative estimate of drug-likeness (QED) is 0.726. The molecule has 3 aromatic rings. The number of aryl methyl sites for hydroxylation is 1. The molecule has 0 saturated carbocycles. The maximum absolute atomic E-state index is 5.98. The van der Waals surface area contributed by atoms with Gasteiger partial charge in [0.15, 0.2) is 11.6 Å². The van der Waals surface area contributed by atoms with Crippen molar-refractivity contribution in [3.05, 3.63) is 42.9 Å². The fourth-order valence-corrected chi connectivity index (χ4v) is 3.16. The Hall–Kier alpha value is -2.87. The van der Waals surface area contributed by atoms with Gasteiger partial charge in [-0.05, 0) is 32.0 Å². The lowest BCUT2D eigenvalue weighted by atomic mass is 10.1. The Kier molecular flexibility index (Phi) is 4.57. The first-order valence-corrected chi connectivity index (χ1v) is 8.79. The maximum Gasteiger partial charge on any atom is 0.166 e. The topological polar surface area (TPSA) is 95.8 Å². The Balaban J connectivity index is 1.52. The van der Waals surface area contributed by atoms with Crippen molar-refractivity contribution in [3.8, 4) is 16.9 Å². The predicted molar refractivity (Wildman–Crippen MR) is 98.6 cm³/mol. The molecule has 0 atom stereocenters. The highest BCUT2D eigenvalue weighted by Crippen LogP contribution is 2.28. The van der Waals surface area contributed by atoms with Crippen LogP contribution in [0.3, 0.4) is 0 Å². The fraction of sp³-hybridized carbons (Fsp3) is 0.389. The van der Waals surface area contributed by atoms with Crippen LogP contribution in [0, 0.1) is 0 Å². The van der Waals surface area contributed by atoms with Crippen molar-refractivity contribution in [2.45, 2.75) is 25.5 Å². The molecule has 0 unspecified atom stereocenters. The van der Waals surface area contributed by atoms with Crippen molar-refractivity contribution in [3.63, 3.8) is 0 Å². The van der Waals surface area contributed by atoms with Crippen LogP contribution >= 0.6 is 0 Å². The predicted octanol–water partition coefficient (Wildman–Crippen LogP) is 1.76. The zero-order chi connectivity index (χ0) is 17.9. The molecule has 1 fully saturated rings. The first kappa shape index (κ1) is 16.6. The number of nitrogens with zero attached hydrogens (tertiary/aromatic N) is 5. The second-order valence-corrected chi connectivity index (χ2v) is 6.58. The number of rotatable bonds is 5. The number of nitrogens with one attached hydrogen (secondary N) is 1. The van der Waals surface area contributed by atoms with E-state index in [4.69, 9.17) is 10.5 Å². The lowest BCUT2D eigenvalue weighted by Gasteiger charge is -2.22. The molecule has 8 heteroatoms. The Bertz CT molecular complexity index is 879. The van der Waals surface area contributed by atoms with Crippen LogP contribution in [0.15, 0.2) is 37.2 Å². The number of hydrogen-bond donors (Lipinski definition) is 2. The molecular formula is C18H23N7O. The number of hydrogen-bond acceptors (Lipinski definition) is 6. The van der Waals surface area contributed by atoms with Gasteiger partial charge in [-0.15, -0.1) is 0 Å². The molecule has 4 heterocycles. The zero-order valence-corrected chi connectivity index (χ0v) is 14.8. The van der Waals surface area contributed by atoms with Gasteiger partial charge in [0, 0.05) is 30.6 Å². The molecule has 3 N–H and O–H groups in total. The van der Waals surface area contributed by atoms with Crippen LogP contribution in [0.25, 0.3) is 11.1 Å². The van der Waals surface area contributed by atoms with Gasteiger partial charge in [-0.25, -0.2) is 9.97 Å². The van der Waals surface area contributed by atoms with Crippen LogP contribution < -0.4 is 15.8 Å². The number of pyridine rings is 1. The third-order valence-electron chi connectivity index (χ3n) is 4.79. The van der Waals surface area contributed by atoms with E-state index in [1.54, 1.807) is 18.7 Å². The summed E-state index contributed by atoms with van der Waals surface area (Å²) in [5, 5.41) is 7.92. The summed E-state index contributed by atoms with van der Waals surface area (Å²) in [7, 11) is 1.93. The number of piperidine rings is 1. The number of ether oxygens (including phenoxy) is 1. The maximum atomic E-state index is 5.98. The van der Waals surface area contributed by atoms with Crippen LogP contribution in [-0.4, -0.2) is 37.4 Å². The highest BCUT2D eigenvalue weighted by molar-refractivity contribution is 5.65. The van der Waals surface area contributed by atoms with Crippen molar-refractivity contribution >= 4 is 5.82 Å². The first-order valence-electron chi connectivity index (χ1n) is 8.79. The van der Waals surface area contributed by atoms with Gasteiger partial charge in [0.2, 0.25) is 0 Å². The van der Waals surface area contributed by atoms with Gasteiger partial charge in [-0.2, -0.15) is 5.10 Å². The van der Waals surface area contributed by atoms with E-state index in [0.29, 0.717) is 24.2 Å². The molecule has 1 saturated heterocycles. The monoisotopic (exact) mass is 353 g/mol. The van der Waals surface area contributed by atoms with Crippen molar-refractivity contribution in [1.29, 1.82) is 0 Å². The molecule has 3 aromatic heterocycles. The number of nitrogens with two attached hydrogens (primary N) is 1. The van der Waals surface area contributed by atoms with E-state index in [-0.39, 0.29) is 0 Å². The van der Waals surface area contributed by atoms with Gasteiger partial charge in [0.25, 0.3) is 0 Å². The van der Waals surface area contributed by atoms with E-state index in [9.17, 15) is 0 Å². The van der Waals surface area contributed by atoms with Gasteiger partial charge in [-0.1, -0.05) is 0 Å². The Morgan fingerprint density at radius 2 is 2.08 bits per heavy atom. The van der Waals surface area contributed by atoms with Gasteiger partial charge in [0.05, 0.1) is 30.5 Å². The van der Waals surface area contributed by atoms with Crippen LogP contribution in [0.4, 0.5) is 5.82 Å². The molecule has 4 rings (SSSR count). The van der Waals surface area contributed by atoms with Gasteiger partial charge < -0.3 is 20.4 Å². The molecule has 1 aliphatic rings. The molecule has 0 radical (unpaired) electrons. The van der Waals surface area contributed by atoms with Crippen molar-refractivity contribution in [2.24, 2.45) is 7.05 Å². The summed E-state index contributed by atoms with van der Waals surface area (Å²) < 4.78 is 9.83. The molecule has 0 spiro atoms. The molecule has 0 aromatic carbocycles. The third-order valence-corrected chi connectivity index (χ3v) is 4.79. The van der Waals surface area contributed by atoms with Gasteiger partial charge >= 0.3 is 0 Å². The third kappa shape index (κ3) is 3.41. The van der Waals surface area contributed by atoms with Crippen molar-refractivity contribution < 1.29 is 4.74 Å². The van der Waals surface area contributed by atoms with E-state index < -0.39 is 0 Å². The number of nitrogen functional groups attached to an aromatic ring is 1. The summed E-state index contributed by atoms with van der Waals surface area (Å²) in [5.41, 5.74) is 8.91. The lowest BCUT2D eigenvalue weighted by molar-refractivity contribution is 0.298. The van der Waals surface area contributed by atoms with E-state index in [1.165, 1.54) is 0 Å². The van der Waals surface area contributed by atoms with E-state index in [2.05, 4.69) is 31.3 Å². The molecule has 0 aliphatic carbocycles. The summed E-state index contributed by atoms with van der Waals surface area (Å²) in [5.74, 6) is 0.944. The molecule has 0 bridgehead atoms. The van der Waals surface area contributed by atoms with Crippen LogP contribution in [0.5, 0.6) is 5.75 Å². The van der Waals surface area contributed by atoms with Gasteiger partial charge in [-0.3, -0.25) is 4.68 Å². The Morgan fingerprint density at radius 1 is 1.23 bits per heavy atom. The molecular weight excluding hydrogens is 330 g/mol.